The molecule has 1 atom stereocenters. The lowest BCUT2D eigenvalue weighted by Gasteiger charge is -2.34. The van der Waals surface area contributed by atoms with Gasteiger partial charge in [-0.15, -0.1) is 0 Å². The van der Waals surface area contributed by atoms with Gasteiger partial charge in [0, 0.05) is 22.1 Å². The second-order valence-electron chi connectivity index (χ2n) is 13.1. The van der Waals surface area contributed by atoms with Crippen LogP contribution in [0.2, 0.25) is 5.02 Å². The van der Waals surface area contributed by atoms with Crippen LogP contribution >= 0.6 is 11.6 Å². The molecule has 0 aromatic heterocycles. The van der Waals surface area contributed by atoms with Crippen LogP contribution in [0.25, 0.3) is 33.0 Å². The Hall–Kier alpha value is -5.89. The predicted molar refractivity (Wildman–Crippen MR) is 211 cm³/mol. The van der Waals surface area contributed by atoms with Gasteiger partial charge in [-0.1, -0.05) is 157 Å². The van der Waals surface area contributed by atoms with Crippen LogP contribution in [0.15, 0.2) is 188 Å². The molecular weight excluding hydrogens is 626 g/mol. The van der Waals surface area contributed by atoms with Crippen LogP contribution < -0.4 is 4.90 Å². The van der Waals surface area contributed by atoms with Crippen molar-refractivity contribution in [2.45, 2.75) is 12.3 Å². The number of anilines is 3. The molecule has 0 saturated carbocycles. The molecule has 0 saturated heterocycles. The molecule has 0 bridgehead atoms. The van der Waals surface area contributed by atoms with Gasteiger partial charge in [-0.2, -0.15) is 0 Å². The molecule has 0 radical (unpaired) electrons. The quantitative estimate of drug-likeness (QED) is 0.172. The molecule has 0 aliphatic heterocycles. The molecule has 1 aliphatic carbocycles. The summed E-state index contributed by atoms with van der Waals surface area (Å²) in [6.45, 7) is 2.16. The maximum Gasteiger partial charge on any atom is 0.0714 e. The molecule has 0 spiro atoms. The van der Waals surface area contributed by atoms with E-state index in [1.54, 1.807) is 0 Å². The van der Waals surface area contributed by atoms with Crippen molar-refractivity contribution < 1.29 is 0 Å². The van der Waals surface area contributed by atoms with Crippen LogP contribution in [0.1, 0.15) is 27.8 Å². The Kier molecular flexibility index (Phi) is 7.38. The van der Waals surface area contributed by atoms with Gasteiger partial charge < -0.3 is 4.90 Å². The van der Waals surface area contributed by atoms with E-state index in [0.29, 0.717) is 5.02 Å². The summed E-state index contributed by atoms with van der Waals surface area (Å²) in [5.74, 6) is 0. The number of hydrogen-bond donors (Lipinski definition) is 0. The Morgan fingerprint density at radius 3 is 1.68 bits per heavy atom. The summed E-state index contributed by atoms with van der Waals surface area (Å²) >= 11 is 7.10. The first-order valence-corrected chi connectivity index (χ1v) is 17.5. The van der Waals surface area contributed by atoms with Crippen LogP contribution in [-0.4, -0.2) is 0 Å². The summed E-state index contributed by atoms with van der Waals surface area (Å²) in [6, 6.07) is 67.9. The third-order valence-corrected chi connectivity index (χ3v) is 10.4. The standard InChI is InChI=1S/C48H34ClN/c1-33-25-27-36(28-26-33)48(35-15-5-2-6-16-35)45-24-14-13-23-43(45)47-42-22-12-11-21-41(42)44(32-46(47)48)34-29-37(49)31-40(30-34)50(38-17-7-3-8-18-38)39-19-9-4-10-20-39/h2-32H,1H3. The third kappa shape index (κ3) is 4.77. The van der Waals surface area contributed by atoms with Crippen LogP contribution in [0.3, 0.4) is 0 Å². The normalized spacial score (nSPS) is 14.7. The molecule has 2 heteroatoms. The van der Waals surface area contributed by atoms with Crippen molar-refractivity contribution in [3.8, 4) is 22.3 Å². The SMILES string of the molecule is Cc1ccc(C2(c3ccccc3)c3ccccc3-c3c2cc(-c2cc(Cl)cc(N(c4ccccc4)c4ccccc4)c2)c2ccccc32)cc1. The second-order valence-corrected chi connectivity index (χ2v) is 13.6. The Bertz CT molecular complexity index is 2450. The molecule has 8 aromatic rings. The average Bonchev–Trinajstić information content (AvgIpc) is 3.47. The number of aryl methyl sites for hydroxylation is 1. The first-order chi connectivity index (χ1) is 24.6. The van der Waals surface area contributed by atoms with E-state index in [1.807, 2.05) is 0 Å². The van der Waals surface area contributed by atoms with E-state index in [0.717, 1.165) is 28.2 Å². The van der Waals surface area contributed by atoms with E-state index in [9.17, 15) is 0 Å². The first kappa shape index (κ1) is 30.2. The van der Waals surface area contributed by atoms with Gasteiger partial charge in [-0.05, 0) is 111 Å². The van der Waals surface area contributed by atoms with Gasteiger partial charge in [-0.25, -0.2) is 0 Å². The monoisotopic (exact) mass is 659 g/mol. The van der Waals surface area contributed by atoms with Crippen molar-refractivity contribution in [3.63, 3.8) is 0 Å². The minimum atomic E-state index is -0.513. The zero-order valence-corrected chi connectivity index (χ0v) is 28.5. The molecular formula is C48H34ClN. The predicted octanol–water partition coefficient (Wildman–Crippen LogP) is 13.3. The summed E-state index contributed by atoms with van der Waals surface area (Å²) in [4.78, 5) is 2.28. The van der Waals surface area contributed by atoms with E-state index >= 15 is 0 Å². The molecule has 238 valence electrons. The molecule has 1 aliphatic rings. The summed E-state index contributed by atoms with van der Waals surface area (Å²) in [5, 5.41) is 3.13. The van der Waals surface area contributed by atoms with Crippen molar-refractivity contribution in [2.24, 2.45) is 0 Å². The number of halogens is 1. The number of nitrogens with zero attached hydrogens (tertiary/aromatic N) is 1. The lowest BCUT2D eigenvalue weighted by atomic mass is 9.67. The number of rotatable bonds is 6. The van der Waals surface area contributed by atoms with Crippen molar-refractivity contribution in [2.75, 3.05) is 4.90 Å². The van der Waals surface area contributed by atoms with Crippen molar-refractivity contribution in [1.82, 2.24) is 0 Å². The van der Waals surface area contributed by atoms with E-state index in [2.05, 4.69) is 200 Å². The Labute approximate surface area is 298 Å². The van der Waals surface area contributed by atoms with E-state index in [-0.39, 0.29) is 0 Å². The highest BCUT2D eigenvalue weighted by molar-refractivity contribution is 6.31. The zero-order chi connectivity index (χ0) is 33.7. The largest absolute Gasteiger partial charge is 0.310 e. The molecule has 50 heavy (non-hydrogen) atoms. The fourth-order valence-electron chi connectivity index (χ4n) is 8.11. The molecule has 0 amide bonds. The second kappa shape index (κ2) is 12.2. The minimum Gasteiger partial charge on any atom is -0.310 e. The lowest BCUT2D eigenvalue weighted by molar-refractivity contribution is 0.769. The minimum absolute atomic E-state index is 0.513. The zero-order valence-electron chi connectivity index (χ0n) is 27.7. The number of benzene rings is 8. The fraction of sp³-hybridized carbons (Fsp3) is 0.0417. The Balaban J connectivity index is 1.37. The van der Waals surface area contributed by atoms with E-state index in [1.165, 1.54) is 49.7 Å². The molecule has 9 rings (SSSR count). The summed E-state index contributed by atoms with van der Waals surface area (Å²) in [7, 11) is 0. The highest BCUT2D eigenvalue weighted by Gasteiger charge is 2.47. The summed E-state index contributed by atoms with van der Waals surface area (Å²) in [5.41, 5.74) is 13.8. The highest BCUT2D eigenvalue weighted by atomic mass is 35.5. The van der Waals surface area contributed by atoms with Gasteiger partial charge in [0.25, 0.3) is 0 Å². The smallest absolute Gasteiger partial charge is 0.0714 e. The Morgan fingerprint density at radius 1 is 0.440 bits per heavy atom. The van der Waals surface area contributed by atoms with Crippen molar-refractivity contribution in [1.29, 1.82) is 0 Å². The van der Waals surface area contributed by atoms with Gasteiger partial charge in [0.05, 0.1) is 5.41 Å². The third-order valence-electron chi connectivity index (χ3n) is 10.2. The molecule has 1 nitrogen and oxygen atoms in total. The van der Waals surface area contributed by atoms with Gasteiger partial charge >= 0.3 is 0 Å². The van der Waals surface area contributed by atoms with Crippen LogP contribution in [0.4, 0.5) is 17.1 Å². The molecule has 0 fully saturated rings. The number of fused-ring (bicyclic) bond motifs is 5. The highest BCUT2D eigenvalue weighted by Crippen LogP contribution is 2.59. The summed E-state index contributed by atoms with van der Waals surface area (Å²) < 4.78 is 0. The molecule has 0 N–H and O–H groups in total. The fourth-order valence-corrected chi connectivity index (χ4v) is 8.34. The topological polar surface area (TPSA) is 3.24 Å². The van der Waals surface area contributed by atoms with Gasteiger partial charge in [0.1, 0.15) is 0 Å². The van der Waals surface area contributed by atoms with Crippen molar-refractivity contribution >= 4 is 39.4 Å². The summed E-state index contributed by atoms with van der Waals surface area (Å²) in [6.07, 6.45) is 0. The molecule has 8 aromatic carbocycles. The van der Waals surface area contributed by atoms with Crippen LogP contribution in [0.5, 0.6) is 0 Å². The number of hydrogen-bond acceptors (Lipinski definition) is 1. The van der Waals surface area contributed by atoms with E-state index in [4.69, 9.17) is 11.6 Å². The number of para-hydroxylation sites is 2. The van der Waals surface area contributed by atoms with Crippen molar-refractivity contribution in [3.05, 3.63) is 221 Å². The van der Waals surface area contributed by atoms with Gasteiger partial charge in [0.15, 0.2) is 0 Å². The van der Waals surface area contributed by atoms with Gasteiger partial charge in [0.2, 0.25) is 0 Å². The molecule has 1 unspecified atom stereocenters. The van der Waals surface area contributed by atoms with E-state index < -0.39 is 5.41 Å². The van der Waals surface area contributed by atoms with Crippen LogP contribution in [0, 0.1) is 6.92 Å². The molecule has 0 heterocycles. The Morgan fingerprint density at radius 2 is 1.00 bits per heavy atom. The van der Waals surface area contributed by atoms with Gasteiger partial charge in [-0.3, -0.25) is 0 Å². The average molecular weight is 660 g/mol. The maximum absolute atomic E-state index is 7.10. The van der Waals surface area contributed by atoms with Crippen LogP contribution in [-0.2, 0) is 5.41 Å². The maximum atomic E-state index is 7.10. The lowest BCUT2D eigenvalue weighted by Crippen LogP contribution is -2.28. The first-order valence-electron chi connectivity index (χ1n) is 17.1.